The molecule has 1 aromatic heterocycles. The molecule has 4 nitrogen and oxygen atoms in total. The van der Waals surface area contributed by atoms with Crippen LogP contribution in [0.2, 0.25) is 0 Å². The highest BCUT2D eigenvalue weighted by atomic mass is 19.1. The van der Waals surface area contributed by atoms with E-state index in [2.05, 4.69) is 10.3 Å². The first kappa shape index (κ1) is 16.5. The second kappa shape index (κ2) is 7.49. The molecule has 3 rings (SSSR count). The van der Waals surface area contributed by atoms with Crippen molar-refractivity contribution < 1.29 is 14.0 Å². The van der Waals surface area contributed by atoms with Crippen LogP contribution in [0.25, 0.3) is 0 Å². The number of halogens is 1. The second-order valence-corrected chi connectivity index (χ2v) is 5.46. The molecule has 5 heteroatoms. The molecule has 0 saturated heterocycles. The van der Waals surface area contributed by atoms with Crippen LogP contribution in [0.1, 0.15) is 21.5 Å². The SMILES string of the molecule is O=C(Cc1ccc(F)cc1)Nc1ccccc1C(=O)c1ccncc1. The summed E-state index contributed by atoms with van der Waals surface area (Å²) >= 11 is 0. The third kappa shape index (κ3) is 4.14. The van der Waals surface area contributed by atoms with E-state index in [1.165, 1.54) is 12.1 Å². The number of para-hydroxylation sites is 1. The second-order valence-electron chi connectivity index (χ2n) is 5.46. The summed E-state index contributed by atoms with van der Waals surface area (Å²) in [5, 5.41) is 2.76. The Bertz CT molecular complexity index is 893. The molecule has 1 heterocycles. The molecule has 0 atom stereocenters. The van der Waals surface area contributed by atoms with Gasteiger partial charge >= 0.3 is 0 Å². The van der Waals surface area contributed by atoms with E-state index in [0.29, 0.717) is 22.4 Å². The summed E-state index contributed by atoms with van der Waals surface area (Å²) in [4.78, 5) is 28.8. The number of nitrogens with zero attached hydrogens (tertiary/aromatic N) is 1. The van der Waals surface area contributed by atoms with Crippen LogP contribution in [0.5, 0.6) is 0 Å². The molecule has 1 N–H and O–H groups in total. The van der Waals surface area contributed by atoms with Crippen molar-refractivity contribution in [3.8, 4) is 0 Å². The first-order valence-electron chi connectivity index (χ1n) is 7.71. The molecule has 1 amide bonds. The van der Waals surface area contributed by atoms with Crippen molar-refractivity contribution in [1.82, 2.24) is 4.98 Å². The fourth-order valence-corrected chi connectivity index (χ4v) is 2.43. The smallest absolute Gasteiger partial charge is 0.228 e. The van der Waals surface area contributed by atoms with Crippen molar-refractivity contribution in [2.24, 2.45) is 0 Å². The summed E-state index contributed by atoms with van der Waals surface area (Å²) < 4.78 is 12.9. The zero-order chi connectivity index (χ0) is 17.6. The Balaban J connectivity index is 1.78. The van der Waals surface area contributed by atoms with Gasteiger partial charge in [0.05, 0.1) is 12.1 Å². The molecular formula is C20H15FN2O2. The van der Waals surface area contributed by atoms with Crippen LogP contribution in [0.3, 0.4) is 0 Å². The van der Waals surface area contributed by atoms with Gasteiger partial charge in [-0.2, -0.15) is 0 Å². The van der Waals surface area contributed by atoms with Crippen LogP contribution in [-0.2, 0) is 11.2 Å². The Labute approximate surface area is 144 Å². The third-order valence-electron chi connectivity index (χ3n) is 3.67. The minimum absolute atomic E-state index is 0.0953. The lowest BCUT2D eigenvalue weighted by atomic mass is 10.0. The van der Waals surface area contributed by atoms with E-state index in [4.69, 9.17) is 0 Å². The van der Waals surface area contributed by atoms with Crippen molar-refractivity contribution in [3.05, 3.63) is 95.6 Å². The minimum Gasteiger partial charge on any atom is -0.325 e. The predicted molar refractivity (Wildman–Crippen MR) is 92.8 cm³/mol. The average molecular weight is 334 g/mol. The molecule has 0 saturated carbocycles. The summed E-state index contributed by atoms with van der Waals surface area (Å²) in [7, 11) is 0. The van der Waals surface area contributed by atoms with Crippen LogP contribution in [0.4, 0.5) is 10.1 Å². The number of pyridine rings is 1. The van der Waals surface area contributed by atoms with Gasteiger partial charge in [0.1, 0.15) is 5.82 Å². The van der Waals surface area contributed by atoms with Gasteiger partial charge in [0, 0.05) is 23.5 Å². The Hall–Kier alpha value is -3.34. The number of hydrogen-bond donors (Lipinski definition) is 1. The highest BCUT2D eigenvalue weighted by Gasteiger charge is 2.15. The van der Waals surface area contributed by atoms with Gasteiger partial charge < -0.3 is 5.32 Å². The molecule has 124 valence electrons. The number of carbonyl (C=O) groups excluding carboxylic acids is 2. The summed E-state index contributed by atoms with van der Waals surface area (Å²) in [5.74, 6) is -0.820. The van der Waals surface area contributed by atoms with Gasteiger partial charge in [-0.1, -0.05) is 24.3 Å². The van der Waals surface area contributed by atoms with E-state index in [-0.39, 0.29) is 23.9 Å². The lowest BCUT2D eigenvalue weighted by molar-refractivity contribution is -0.115. The highest BCUT2D eigenvalue weighted by Crippen LogP contribution is 2.19. The predicted octanol–water partition coefficient (Wildman–Crippen LogP) is 3.63. The van der Waals surface area contributed by atoms with E-state index in [1.807, 2.05) is 0 Å². The van der Waals surface area contributed by atoms with Crippen molar-refractivity contribution in [2.75, 3.05) is 5.32 Å². The maximum Gasteiger partial charge on any atom is 0.228 e. The number of rotatable bonds is 5. The van der Waals surface area contributed by atoms with Gasteiger partial charge in [-0.15, -0.1) is 0 Å². The molecule has 3 aromatic rings. The van der Waals surface area contributed by atoms with Gasteiger partial charge in [0.25, 0.3) is 0 Å². The van der Waals surface area contributed by atoms with Crippen LogP contribution in [-0.4, -0.2) is 16.7 Å². The standard InChI is InChI=1S/C20H15FN2O2/c21-16-7-5-14(6-8-16)13-19(24)23-18-4-2-1-3-17(18)20(25)15-9-11-22-12-10-15/h1-12H,13H2,(H,23,24). The van der Waals surface area contributed by atoms with Gasteiger partial charge in [-0.05, 0) is 42.0 Å². The largest absolute Gasteiger partial charge is 0.325 e. The Kier molecular flexibility index (Phi) is 4.95. The normalized spacial score (nSPS) is 10.3. The first-order chi connectivity index (χ1) is 12.1. The Morgan fingerprint density at radius 2 is 1.60 bits per heavy atom. The maximum absolute atomic E-state index is 12.9. The lowest BCUT2D eigenvalue weighted by Crippen LogP contribution is -2.17. The number of nitrogens with one attached hydrogen (secondary N) is 1. The zero-order valence-electron chi connectivity index (χ0n) is 13.3. The molecule has 2 aromatic carbocycles. The maximum atomic E-state index is 12.9. The Morgan fingerprint density at radius 3 is 2.32 bits per heavy atom. The van der Waals surface area contributed by atoms with E-state index in [9.17, 15) is 14.0 Å². The third-order valence-corrected chi connectivity index (χ3v) is 3.67. The van der Waals surface area contributed by atoms with Crippen LogP contribution >= 0.6 is 0 Å². The lowest BCUT2D eigenvalue weighted by Gasteiger charge is -2.10. The number of carbonyl (C=O) groups is 2. The minimum atomic E-state index is -0.350. The fourth-order valence-electron chi connectivity index (χ4n) is 2.43. The monoisotopic (exact) mass is 334 g/mol. The molecular weight excluding hydrogens is 319 g/mol. The van der Waals surface area contributed by atoms with E-state index < -0.39 is 0 Å². The molecule has 0 unspecified atom stereocenters. The zero-order valence-corrected chi connectivity index (χ0v) is 13.3. The molecule has 0 bridgehead atoms. The van der Waals surface area contributed by atoms with E-state index in [1.54, 1.807) is 60.9 Å². The highest BCUT2D eigenvalue weighted by molar-refractivity contribution is 6.13. The topological polar surface area (TPSA) is 59.1 Å². The van der Waals surface area contributed by atoms with E-state index >= 15 is 0 Å². The quantitative estimate of drug-likeness (QED) is 0.725. The van der Waals surface area contributed by atoms with Gasteiger partial charge in [-0.3, -0.25) is 14.6 Å². The number of ketones is 1. The van der Waals surface area contributed by atoms with E-state index in [0.717, 1.165) is 0 Å². The number of benzene rings is 2. The van der Waals surface area contributed by atoms with Crippen molar-refractivity contribution >= 4 is 17.4 Å². The summed E-state index contributed by atoms with van der Waals surface area (Å²) in [6.07, 6.45) is 3.18. The summed E-state index contributed by atoms with van der Waals surface area (Å²) in [6, 6.07) is 15.8. The Morgan fingerprint density at radius 1 is 0.920 bits per heavy atom. The molecule has 0 aliphatic carbocycles. The van der Waals surface area contributed by atoms with Gasteiger partial charge in [0.15, 0.2) is 5.78 Å². The van der Waals surface area contributed by atoms with Crippen molar-refractivity contribution in [1.29, 1.82) is 0 Å². The molecule has 0 aliphatic rings. The number of amides is 1. The van der Waals surface area contributed by atoms with Crippen LogP contribution < -0.4 is 5.32 Å². The van der Waals surface area contributed by atoms with Crippen molar-refractivity contribution in [2.45, 2.75) is 6.42 Å². The number of aromatic nitrogens is 1. The fraction of sp³-hybridized carbons (Fsp3) is 0.0500. The first-order valence-corrected chi connectivity index (χ1v) is 7.71. The van der Waals surface area contributed by atoms with Gasteiger partial charge in [-0.25, -0.2) is 4.39 Å². The number of hydrogen-bond acceptors (Lipinski definition) is 3. The molecule has 0 spiro atoms. The molecule has 0 fully saturated rings. The number of anilines is 1. The summed E-state index contributed by atoms with van der Waals surface area (Å²) in [6.45, 7) is 0. The summed E-state index contributed by atoms with van der Waals surface area (Å²) in [5.41, 5.74) is 2.03. The van der Waals surface area contributed by atoms with Gasteiger partial charge in [0.2, 0.25) is 5.91 Å². The van der Waals surface area contributed by atoms with Crippen LogP contribution in [0, 0.1) is 5.82 Å². The van der Waals surface area contributed by atoms with Crippen LogP contribution in [0.15, 0.2) is 73.1 Å². The molecule has 25 heavy (non-hydrogen) atoms. The van der Waals surface area contributed by atoms with Crippen molar-refractivity contribution in [3.63, 3.8) is 0 Å². The average Bonchev–Trinajstić information content (AvgIpc) is 2.64. The molecule has 0 aliphatic heterocycles. The molecule has 0 radical (unpaired) electrons.